The molecule has 0 bridgehead atoms. The molecule has 0 aromatic rings. The smallest absolute Gasteiger partial charge is 0.117 e. The Morgan fingerprint density at radius 2 is 1.33 bits per heavy atom. The number of hydrogen-bond donors (Lipinski definition) is 0. The van der Waals surface area contributed by atoms with Crippen LogP contribution in [-0.2, 0) is 4.74 Å². The molecule has 0 rings (SSSR count). The standard InChI is InChI=1S/C4H10O.C2H5.Al.ClH/c1-3-5-4-2;1-2;;/h3-4H2,1-2H3;1H2,2H3;;1H. The van der Waals surface area contributed by atoms with Gasteiger partial charge in [-0.2, -0.15) is 0 Å². The maximum absolute atomic E-state index is 4.83. The second kappa shape index (κ2) is 23.3. The van der Waals surface area contributed by atoms with E-state index in [2.05, 4.69) is 23.2 Å². The first kappa shape index (κ1) is 16.4. The molecule has 0 N–H and O–H groups in total. The normalized spacial score (nSPS) is 6.56. The first-order valence-electron chi connectivity index (χ1n) is 3.11. The molecule has 0 aliphatic rings. The largest absolute Gasteiger partial charge is 0.382 e. The Bertz CT molecular complexity index is 27.0. The van der Waals surface area contributed by atoms with Crippen LogP contribution < -0.4 is 0 Å². The summed E-state index contributed by atoms with van der Waals surface area (Å²) in [5.74, 6) is 0. The van der Waals surface area contributed by atoms with E-state index in [-0.39, 0.29) is 12.4 Å². The summed E-state index contributed by atoms with van der Waals surface area (Å²) in [6.07, 6.45) is 0. The molecule has 0 spiro atoms. The average molecular weight is 167 g/mol. The van der Waals surface area contributed by atoms with Gasteiger partial charge in [-0.25, -0.2) is 0 Å². The Morgan fingerprint density at radius 1 is 1.11 bits per heavy atom. The van der Waals surface area contributed by atoms with Gasteiger partial charge < -0.3 is 4.74 Å². The molecule has 0 amide bonds. The lowest BCUT2D eigenvalue weighted by Crippen LogP contribution is -1.84. The van der Waals surface area contributed by atoms with Crippen molar-refractivity contribution in [1.82, 2.24) is 0 Å². The minimum absolute atomic E-state index is 0. The van der Waals surface area contributed by atoms with E-state index < -0.39 is 0 Å². The highest BCUT2D eigenvalue weighted by Gasteiger charge is 1.64. The van der Waals surface area contributed by atoms with Crippen molar-refractivity contribution < 1.29 is 4.74 Å². The first-order valence-corrected chi connectivity index (χ1v) is 3.92. The predicted octanol–water partition coefficient (Wildman–Crippen LogP) is 2.06. The molecule has 56 valence electrons. The van der Waals surface area contributed by atoms with E-state index in [1.807, 2.05) is 13.8 Å². The summed E-state index contributed by atoms with van der Waals surface area (Å²) >= 11 is 2.58. The summed E-state index contributed by atoms with van der Waals surface area (Å²) in [5, 5.41) is 1.17. The number of hydrogen-bond acceptors (Lipinski definition) is 1. The van der Waals surface area contributed by atoms with Gasteiger partial charge in [-0.1, -0.05) is 6.92 Å². The number of ether oxygens (including phenoxy) is 1. The van der Waals surface area contributed by atoms with Gasteiger partial charge >= 0.3 is 0 Å². The minimum Gasteiger partial charge on any atom is -0.382 e. The van der Waals surface area contributed by atoms with Crippen LogP contribution in [0.3, 0.4) is 0 Å². The number of rotatable bonds is 2. The van der Waals surface area contributed by atoms with E-state index in [9.17, 15) is 0 Å². The molecule has 0 aliphatic carbocycles. The monoisotopic (exact) mass is 166 g/mol. The maximum Gasteiger partial charge on any atom is 0.117 e. The Hall–Kier alpha value is 0.782. The molecule has 0 fully saturated rings. The summed E-state index contributed by atoms with van der Waals surface area (Å²) in [4.78, 5) is 0. The van der Waals surface area contributed by atoms with Crippen molar-refractivity contribution in [2.45, 2.75) is 26.1 Å². The van der Waals surface area contributed by atoms with Gasteiger partial charge in [0.05, 0.1) is 0 Å². The Morgan fingerprint density at radius 3 is 1.33 bits per heavy atom. The van der Waals surface area contributed by atoms with Gasteiger partial charge in [-0.3, -0.25) is 0 Å². The van der Waals surface area contributed by atoms with Crippen LogP contribution in [0.25, 0.3) is 0 Å². The van der Waals surface area contributed by atoms with Crippen molar-refractivity contribution in [2.24, 2.45) is 0 Å². The van der Waals surface area contributed by atoms with Crippen molar-refractivity contribution in [3.63, 3.8) is 0 Å². The van der Waals surface area contributed by atoms with E-state index in [1.54, 1.807) is 0 Å². The van der Waals surface area contributed by atoms with Crippen LogP contribution >= 0.6 is 12.4 Å². The summed E-state index contributed by atoms with van der Waals surface area (Å²) in [6, 6.07) is 0. The highest BCUT2D eigenvalue weighted by molar-refractivity contribution is 6.08. The van der Waals surface area contributed by atoms with Crippen LogP contribution in [0.2, 0.25) is 5.28 Å². The zero-order chi connectivity index (χ0) is 6.83. The van der Waals surface area contributed by atoms with E-state index in [0.717, 1.165) is 13.2 Å². The van der Waals surface area contributed by atoms with Crippen molar-refractivity contribution >= 4 is 28.7 Å². The average Bonchev–Trinajstić information content (AvgIpc) is 1.71. The molecule has 0 unspecified atom stereocenters. The van der Waals surface area contributed by atoms with Crippen LogP contribution in [-0.4, -0.2) is 29.5 Å². The molecule has 1 nitrogen and oxygen atoms in total. The molecule has 0 heterocycles. The zero-order valence-corrected chi connectivity index (χ0v) is 8.49. The van der Waals surface area contributed by atoms with E-state index in [4.69, 9.17) is 4.74 Å². The highest BCUT2D eigenvalue weighted by atomic mass is 35.5. The summed E-state index contributed by atoms with van der Waals surface area (Å²) in [6.45, 7) is 7.75. The molecule has 0 saturated carbocycles. The number of halogens is 1. The van der Waals surface area contributed by atoms with Gasteiger partial charge in [-0.05, 0) is 13.8 Å². The maximum atomic E-state index is 4.83. The fraction of sp³-hybridized carbons (Fsp3) is 1.00. The highest BCUT2D eigenvalue weighted by Crippen LogP contribution is 1.64. The molecule has 0 aromatic heterocycles. The molecule has 0 aliphatic heterocycles. The second-order valence-electron chi connectivity index (χ2n) is 1.19. The minimum atomic E-state index is 0. The van der Waals surface area contributed by atoms with Gasteiger partial charge in [0.1, 0.15) is 16.3 Å². The Labute approximate surface area is 73.0 Å². The van der Waals surface area contributed by atoms with Gasteiger partial charge in [0.25, 0.3) is 0 Å². The van der Waals surface area contributed by atoms with Gasteiger partial charge in [0.15, 0.2) is 0 Å². The molecule has 2 radical (unpaired) electrons. The molecule has 0 atom stereocenters. The van der Waals surface area contributed by atoms with Crippen molar-refractivity contribution in [3.05, 3.63) is 0 Å². The third kappa shape index (κ3) is 52.2. The summed E-state index contributed by atoms with van der Waals surface area (Å²) in [7, 11) is 0. The molecule has 0 aromatic carbocycles. The van der Waals surface area contributed by atoms with Crippen LogP contribution in [0.4, 0.5) is 0 Å². The lowest BCUT2D eigenvalue weighted by Gasteiger charge is -1.86. The van der Waals surface area contributed by atoms with E-state index >= 15 is 0 Å². The van der Waals surface area contributed by atoms with Crippen molar-refractivity contribution in [3.8, 4) is 0 Å². The molecular formula is C6H16AlClO. The molecule has 0 saturated heterocycles. The van der Waals surface area contributed by atoms with Gasteiger partial charge in [0, 0.05) is 13.2 Å². The van der Waals surface area contributed by atoms with E-state index in [1.165, 1.54) is 5.28 Å². The SMILES string of the molecule is CCOCC.C[CH2][Al].Cl. The summed E-state index contributed by atoms with van der Waals surface area (Å²) in [5.41, 5.74) is 0. The molecular weight excluding hydrogens is 150 g/mol. The van der Waals surface area contributed by atoms with E-state index in [0.29, 0.717) is 0 Å². The first-order chi connectivity index (χ1) is 3.83. The van der Waals surface area contributed by atoms with Crippen LogP contribution in [0.15, 0.2) is 0 Å². The van der Waals surface area contributed by atoms with Gasteiger partial charge in [0.2, 0.25) is 0 Å². The third-order valence-electron chi connectivity index (χ3n) is 0.408. The zero-order valence-electron chi connectivity index (χ0n) is 6.52. The third-order valence-corrected chi connectivity index (χ3v) is 0.408. The predicted molar refractivity (Wildman–Crippen MR) is 45.7 cm³/mol. The lowest BCUT2D eigenvalue weighted by molar-refractivity contribution is 0.162. The van der Waals surface area contributed by atoms with Gasteiger partial charge in [-0.15, -0.1) is 17.7 Å². The fourth-order valence-electron chi connectivity index (χ4n) is 0.204. The fourth-order valence-corrected chi connectivity index (χ4v) is 0.204. The molecule has 9 heavy (non-hydrogen) atoms. The lowest BCUT2D eigenvalue weighted by atomic mass is 10.8. The Kier molecular flexibility index (Phi) is 42.4. The van der Waals surface area contributed by atoms with Crippen LogP contribution in [0.5, 0.6) is 0 Å². The quantitative estimate of drug-likeness (QED) is 0.571. The second-order valence-corrected chi connectivity index (χ2v) is 2.01. The van der Waals surface area contributed by atoms with Crippen LogP contribution in [0.1, 0.15) is 20.8 Å². The topological polar surface area (TPSA) is 9.23 Å². The molecule has 3 heteroatoms. The summed E-state index contributed by atoms with van der Waals surface area (Å²) < 4.78 is 4.83. The van der Waals surface area contributed by atoms with Crippen LogP contribution in [0, 0.1) is 0 Å². The van der Waals surface area contributed by atoms with Crippen molar-refractivity contribution in [2.75, 3.05) is 13.2 Å². The Balaban J connectivity index is -0.0000000800. The van der Waals surface area contributed by atoms with Crippen molar-refractivity contribution in [1.29, 1.82) is 0 Å².